The third kappa shape index (κ3) is 8.20. The van der Waals surface area contributed by atoms with Crippen LogP contribution in [0.3, 0.4) is 0 Å². The van der Waals surface area contributed by atoms with Crippen molar-refractivity contribution in [3.8, 4) is 0 Å². The molecule has 0 radical (unpaired) electrons. The Labute approximate surface area is 188 Å². The Hall–Kier alpha value is -1.11. The van der Waals surface area contributed by atoms with Gasteiger partial charge in [-0.15, -0.1) is 0 Å². The predicted octanol–water partition coefficient (Wildman–Crippen LogP) is 4.93. The molecule has 1 aromatic carbocycles. The van der Waals surface area contributed by atoms with Crippen molar-refractivity contribution in [2.45, 2.75) is 76.1 Å². The minimum Gasteiger partial charge on any atom is -0.481 e. The third-order valence-electron chi connectivity index (χ3n) is 5.96. The van der Waals surface area contributed by atoms with Gasteiger partial charge >= 0.3 is 5.97 Å². The van der Waals surface area contributed by atoms with Gasteiger partial charge in [0.2, 0.25) is 0 Å². The first-order valence-electron chi connectivity index (χ1n) is 10.7. The number of hydrogen-bond donors (Lipinski definition) is 4. The van der Waals surface area contributed by atoms with Crippen molar-refractivity contribution in [2.75, 3.05) is 0 Å². The fourth-order valence-corrected chi connectivity index (χ4v) is 4.77. The Kier molecular flexibility index (Phi) is 10.6. The average Bonchev–Trinajstić information content (AvgIpc) is 2.94. The zero-order valence-corrected chi connectivity index (χ0v) is 18.6. The minimum atomic E-state index is -0.768. The number of carboxylic acids is 1. The first kappa shape index (κ1) is 25.2. The number of carboxylic acid groups (broad SMARTS) is 1. The molecular weight excluding hydrogens is 427 g/mol. The van der Waals surface area contributed by atoms with E-state index in [1.54, 1.807) is 30.4 Å². The molecule has 5 atom stereocenters. The highest BCUT2D eigenvalue weighted by Gasteiger charge is 2.40. The lowest BCUT2D eigenvalue weighted by Crippen LogP contribution is -2.23. The minimum absolute atomic E-state index is 0.0152. The van der Waals surface area contributed by atoms with E-state index in [1.165, 1.54) is 0 Å². The first-order chi connectivity index (χ1) is 14.3. The summed E-state index contributed by atoms with van der Waals surface area (Å²) in [6.07, 6.45) is 7.55. The fourth-order valence-electron chi connectivity index (χ4n) is 4.30. The van der Waals surface area contributed by atoms with Crippen molar-refractivity contribution in [1.29, 1.82) is 0 Å². The zero-order chi connectivity index (χ0) is 22.1. The molecule has 0 heterocycles. The summed E-state index contributed by atoms with van der Waals surface area (Å²) in [4.78, 5) is 10.5. The SMILES string of the molecule is O=C(O)CCCCCCC1C(O)CC(O)C1CCC(O)/C=C/c1ccc(Cl)cc1Cl. The highest BCUT2D eigenvalue weighted by atomic mass is 35.5. The number of aliphatic carboxylic acids is 1. The molecule has 0 amide bonds. The van der Waals surface area contributed by atoms with Crippen LogP contribution in [0.4, 0.5) is 0 Å². The standard InChI is InChI=1S/C23H32Cl2O5/c24-16-9-7-15(20(25)13-16)8-10-17(26)11-12-19-18(21(27)14-22(19)28)5-3-1-2-4-6-23(29)30/h7-10,13,17-19,21-22,26-28H,1-6,11-12,14H2,(H,29,30)/b10-8+. The number of carbonyl (C=O) groups is 1. The van der Waals surface area contributed by atoms with Gasteiger partial charge in [-0.05, 0) is 61.6 Å². The molecule has 0 spiro atoms. The summed E-state index contributed by atoms with van der Waals surface area (Å²) in [5.74, 6) is -0.794. The summed E-state index contributed by atoms with van der Waals surface area (Å²) in [6, 6.07) is 5.18. The Morgan fingerprint density at radius 1 is 1.07 bits per heavy atom. The smallest absolute Gasteiger partial charge is 0.303 e. The van der Waals surface area contributed by atoms with E-state index in [4.69, 9.17) is 28.3 Å². The molecular formula is C23H32Cl2O5. The van der Waals surface area contributed by atoms with Crippen molar-refractivity contribution < 1.29 is 25.2 Å². The van der Waals surface area contributed by atoms with E-state index < -0.39 is 24.3 Å². The van der Waals surface area contributed by atoms with Gasteiger partial charge in [0.1, 0.15) is 0 Å². The number of aliphatic hydroxyl groups is 3. The summed E-state index contributed by atoms with van der Waals surface area (Å²) in [5.41, 5.74) is 0.775. The van der Waals surface area contributed by atoms with Gasteiger partial charge in [0, 0.05) is 16.5 Å². The number of unbranched alkanes of at least 4 members (excludes halogenated alkanes) is 3. The topological polar surface area (TPSA) is 98.0 Å². The second-order valence-corrected chi connectivity index (χ2v) is 9.06. The molecule has 0 bridgehead atoms. The number of benzene rings is 1. The van der Waals surface area contributed by atoms with Gasteiger partial charge in [-0.2, -0.15) is 0 Å². The summed E-state index contributed by atoms with van der Waals surface area (Å²) in [6.45, 7) is 0. The van der Waals surface area contributed by atoms with Crippen molar-refractivity contribution >= 4 is 35.2 Å². The van der Waals surface area contributed by atoms with E-state index >= 15 is 0 Å². The Balaban J connectivity index is 1.79. The van der Waals surface area contributed by atoms with Crippen molar-refractivity contribution in [2.24, 2.45) is 11.8 Å². The normalized spacial score (nSPS) is 25.1. The Morgan fingerprint density at radius 2 is 1.73 bits per heavy atom. The zero-order valence-electron chi connectivity index (χ0n) is 17.1. The van der Waals surface area contributed by atoms with E-state index in [2.05, 4.69) is 0 Å². The predicted molar refractivity (Wildman–Crippen MR) is 120 cm³/mol. The molecule has 1 aromatic rings. The fraction of sp³-hybridized carbons (Fsp3) is 0.609. The monoisotopic (exact) mass is 458 g/mol. The maximum absolute atomic E-state index is 10.5. The van der Waals surface area contributed by atoms with Crippen LogP contribution in [-0.4, -0.2) is 44.7 Å². The molecule has 1 aliphatic carbocycles. The average molecular weight is 459 g/mol. The molecule has 0 saturated heterocycles. The summed E-state index contributed by atoms with van der Waals surface area (Å²) < 4.78 is 0. The van der Waals surface area contributed by atoms with Gasteiger partial charge in [-0.25, -0.2) is 0 Å². The summed E-state index contributed by atoms with van der Waals surface area (Å²) >= 11 is 12.0. The molecule has 5 unspecified atom stereocenters. The van der Waals surface area contributed by atoms with Gasteiger partial charge < -0.3 is 20.4 Å². The second-order valence-electron chi connectivity index (χ2n) is 8.21. The van der Waals surface area contributed by atoms with Crippen LogP contribution in [0, 0.1) is 11.8 Å². The van der Waals surface area contributed by atoms with E-state index in [0.717, 1.165) is 31.2 Å². The van der Waals surface area contributed by atoms with E-state index in [9.17, 15) is 20.1 Å². The molecule has 1 aliphatic rings. The molecule has 2 rings (SSSR count). The number of halogens is 2. The lowest BCUT2D eigenvalue weighted by atomic mass is 9.85. The van der Waals surface area contributed by atoms with Crippen LogP contribution in [0.5, 0.6) is 0 Å². The maximum atomic E-state index is 10.5. The van der Waals surface area contributed by atoms with Gasteiger partial charge in [0.05, 0.1) is 18.3 Å². The van der Waals surface area contributed by atoms with Crippen LogP contribution in [0.25, 0.3) is 6.08 Å². The molecule has 7 heteroatoms. The summed E-state index contributed by atoms with van der Waals surface area (Å²) in [5, 5.41) is 40.8. The number of rotatable bonds is 12. The van der Waals surface area contributed by atoms with E-state index in [-0.39, 0.29) is 18.3 Å². The van der Waals surface area contributed by atoms with Crippen LogP contribution in [0.1, 0.15) is 63.4 Å². The highest BCUT2D eigenvalue weighted by Crippen LogP contribution is 2.39. The van der Waals surface area contributed by atoms with Crippen molar-refractivity contribution in [3.63, 3.8) is 0 Å². The molecule has 5 nitrogen and oxygen atoms in total. The Bertz CT molecular complexity index is 709. The molecule has 0 aliphatic heterocycles. The van der Waals surface area contributed by atoms with Crippen LogP contribution in [-0.2, 0) is 4.79 Å². The lowest BCUT2D eigenvalue weighted by Gasteiger charge is -2.24. The van der Waals surface area contributed by atoms with Crippen LogP contribution in [0.2, 0.25) is 10.0 Å². The molecule has 168 valence electrons. The van der Waals surface area contributed by atoms with Gasteiger partial charge in [-0.3, -0.25) is 4.79 Å². The van der Waals surface area contributed by atoms with Gasteiger partial charge in [-0.1, -0.05) is 60.7 Å². The number of aliphatic hydroxyl groups excluding tert-OH is 3. The number of hydrogen-bond acceptors (Lipinski definition) is 4. The van der Waals surface area contributed by atoms with Gasteiger partial charge in [0.15, 0.2) is 0 Å². The maximum Gasteiger partial charge on any atom is 0.303 e. The van der Waals surface area contributed by atoms with Gasteiger partial charge in [0.25, 0.3) is 0 Å². The molecule has 4 N–H and O–H groups in total. The highest BCUT2D eigenvalue weighted by molar-refractivity contribution is 6.35. The Morgan fingerprint density at radius 3 is 2.40 bits per heavy atom. The third-order valence-corrected chi connectivity index (χ3v) is 6.52. The summed E-state index contributed by atoms with van der Waals surface area (Å²) in [7, 11) is 0. The molecule has 0 aromatic heterocycles. The molecule has 1 saturated carbocycles. The van der Waals surface area contributed by atoms with E-state index in [0.29, 0.717) is 35.7 Å². The largest absolute Gasteiger partial charge is 0.481 e. The first-order valence-corrected chi connectivity index (χ1v) is 11.4. The van der Waals surface area contributed by atoms with Crippen LogP contribution < -0.4 is 0 Å². The van der Waals surface area contributed by atoms with E-state index in [1.807, 2.05) is 0 Å². The lowest BCUT2D eigenvalue weighted by molar-refractivity contribution is -0.137. The quantitative estimate of drug-likeness (QED) is 0.332. The van der Waals surface area contributed by atoms with Crippen molar-refractivity contribution in [3.05, 3.63) is 39.9 Å². The van der Waals surface area contributed by atoms with Crippen LogP contribution >= 0.6 is 23.2 Å². The van der Waals surface area contributed by atoms with Crippen LogP contribution in [0.15, 0.2) is 24.3 Å². The van der Waals surface area contributed by atoms with Crippen molar-refractivity contribution in [1.82, 2.24) is 0 Å². The molecule has 1 fully saturated rings. The second kappa shape index (κ2) is 12.7. The molecule has 30 heavy (non-hydrogen) atoms.